The molecule has 0 unspecified atom stereocenters. The van der Waals surface area contributed by atoms with Gasteiger partial charge in [0.2, 0.25) is 0 Å². The Labute approximate surface area is 96.1 Å². The first kappa shape index (κ1) is 9.91. The normalized spacial score (nSPS) is 15.4. The van der Waals surface area contributed by atoms with Crippen LogP contribution in [0.5, 0.6) is 0 Å². The van der Waals surface area contributed by atoms with E-state index in [9.17, 15) is 0 Å². The molecule has 0 bridgehead atoms. The van der Waals surface area contributed by atoms with Crippen molar-refractivity contribution in [3.05, 3.63) is 35.0 Å². The quantitative estimate of drug-likeness (QED) is 0.777. The van der Waals surface area contributed by atoms with Crippen LogP contribution in [0.3, 0.4) is 0 Å². The second-order valence-electron chi connectivity index (χ2n) is 4.75. The molecule has 0 amide bonds. The molecule has 0 atom stereocenters. The highest BCUT2D eigenvalue weighted by molar-refractivity contribution is 5.86. The first-order chi connectivity index (χ1) is 7.81. The van der Waals surface area contributed by atoms with Crippen LogP contribution in [0.2, 0.25) is 0 Å². The molecule has 84 valence electrons. The first-order valence-electron chi connectivity index (χ1n) is 6.10. The molecule has 0 aliphatic heterocycles. The largest absolute Gasteiger partial charge is 0.347 e. The second kappa shape index (κ2) is 3.63. The SMILES string of the molecule is Cn1c2c(c3cc(CN)ccc31)CCCC2. The van der Waals surface area contributed by atoms with Crippen LogP contribution in [-0.2, 0) is 26.4 Å². The molecule has 1 aromatic carbocycles. The van der Waals surface area contributed by atoms with Gasteiger partial charge in [-0.25, -0.2) is 0 Å². The number of aromatic nitrogens is 1. The van der Waals surface area contributed by atoms with Crippen molar-refractivity contribution in [2.75, 3.05) is 0 Å². The minimum Gasteiger partial charge on any atom is -0.347 e. The summed E-state index contributed by atoms with van der Waals surface area (Å²) >= 11 is 0. The van der Waals surface area contributed by atoms with Gasteiger partial charge < -0.3 is 10.3 Å². The van der Waals surface area contributed by atoms with Crippen LogP contribution in [0.15, 0.2) is 18.2 Å². The molecule has 1 heterocycles. The van der Waals surface area contributed by atoms with Crippen molar-refractivity contribution >= 4 is 10.9 Å². The number of rotatable bonds is 1. The van der Waals surface area contributed by atoms with Gasteiger partial charge in [-0.05, 0) is 48.9 Å². The van der Waals surface area contributed by atoms with Crippen LogP contribution in [0, 0.1) is 0 Å². The van der Waals surface area contributed by atoms with Gasteiger partial charge in [0.1, 0.15) is 0 Å². The van der Waals surface area contributed by atoms with Gasteiger partial charge in [0.05, 0.1) is 0 Å². The Morgan fingerprint density at radius 2 is 2.06 bits per heavy atom. The Hall–Kier alpha value is -1.28. The predicted molar refractivity (Wildman–Crippen MR) is 67.5 cm³/mol. The van der Waals surface area contributed by atoms with Gasteiger partial charge in [0.25, 0.3) is 0 Å². The molecule has 2 aromatic rings. The zero-order valence-corrected chi connectivity index (χ0v) is 9.79. The van der Waals surface area contributed by atoms with Crippen LogP contribution in [-0.4, -0.2) is 4.57 Å². The molecule has 0 spiro atoms. The third-order valence-corrected chi connectivity index (χ3v) is 3.83. The van der Waals surface area contributed by atoms with E-state index in [2.05, 4.69) is 29.8 Å². The second-order valence-corrected chi connectivity index (χ2v) is 4.75. The Bertz CT molecular complexity index is 537. The molecule has 3 rings (SSSR count). The minimum absolute atomic E-state index is 0.638. The summed E-state index contributed by atoms with van der Waals surface area (Å²) in [4.78, 5) is 0. The molecule has 2 nitrogen and oxygen atoms in total. The van der Waals surface area contributed by atoms with Crippen LogP contribution in [0.4, 0.5) is 0 Å². The molecule has 0 fully saturated rings. The maximum atomic E-state index is 5.72. The summed E-state index contributed by atoms with van der Waals surface area (Å²) in [6, 6.07) is 6.64. The lowest BCUT2D eigenvalue weighted by Gasteiger charge is -2.12. The average Bonchev–Trinajstić information content (AvgIpc) is 2.64. The summed E-state index contributed by atoms with van der Waals surface area (Å²) in [5.74, 6) is 0. The van der Waals surface area contributed by atoms with E-state index in [1.54, 1.807) is 5.56 Å². The lowest BCUT2D eigenvalue weighted by atomic mass is 9.95. The van der Waals surface area contributed by atoms with Crippen LogP contribution in [0.1, 0.15) is 29.7 Å². The van der Waals surface area contributed by atoms with Gasteiger partial charge in [-0.1, -0.05) is 6.07 Å². The summed E-state index contributed by atoms with van der Waals surface area (Å²) in [7, 11) is 2.19. The lowest BCUT2D eigenvalue weighted by molar-refractivity contribution is 0.653. The summed E-state index contributed by atoms with van der Waals surface area (Å²) in [6.45, 7) is 0.638. The predicted octanol–water partition coefficient (Wildman–Crippen LogP) is 2.52. The topological polar surface area (TPSA) is 30.9 Å². The zero-order chi connectivity index (χ0) is 11.1. The molecule has 16 heavy (non-hydrogen) atoms. The number of aryl methyl sites for hydroxylation is 2. The fourth-order valence-corrected chi connectivity index (χ4v) is 2.94. The van der Waals surface area contributed by atoms with Crippen molar-refractivity contribution in [3.8, 4) is 0 Å². The van der Waals surface area contributed by atoms with Gasteiger partial charge in [-0.2, -0.15) is 0 Å². The third kappa shape index (κ3) is 1.30. The average molecular weight is 214 g/mol. The molecule has 0 radical (unpaired) electrons. The molecule has 2 heteroatoms. The molecule has 2 N–H and O–H groups in total. The Morgan fingerprint density at radius 1 is 1.25 bits per heavy atom. The number of hydrogen-bond donors (Lipinski definition) is 1. The van der Waals surface area contributed by atoms with E-state index in [-0.39, 0.29) is 0 Å². The van der Waals surface area contributed by atoms with Crippen molar-refractivity contribution in [3.63, 3.8) is 0 Å². The van der Waals surface area contributed by atoms with Gasteiger partial charge in [0.15, 0.2) is 0 Å². The van der Waals surface area contributed by atoms with Crippen molar-refractivity contribution in [1.82, 2.24) is 4.57 Å². The van der Waals surface area contributed by atoms with Gasteiger partial charge in [-0.15, -0.1) is 0 Å². The van der Waals surface area contributed by atoms with Crippen LogP contribution >= 0.6 is 0 Å². The highest BCUT2D eigenvalue weighted by Crippen LogP contribution is 2.31. The molecule has 1 aromatic heterocycles. The van der Waals surface area contributed by atoms with E-state index in [1.807, 2.05) is 0 Å². The maximum absolute atomic E-state index is 5.72. The fourth-order valence-electron chi connectivity index (χ4n) is 2.94. The van der Waals surface area contributed by atoms with Gasteiger partial charge >= 0.3 is 0 Å². The molecule has 0 saturated carbocycles. The number of nitrogens with zero attached hydrogens (tertiary/aromatic N) is 1. The van der Waals surface area contributed by atoms with E-state index in [0.717, 1.165) is 0 Å². The van der Waals surface area contributed by atoms with Gasteiger partial charge in [0, 0.05) is 30.2 Å². The van der Waals surface area contributed by atoms with Gasteiger partial charge in [-0.3, -0.25) is 0 Å². The third-order valence-electron chi connectivity index (χ3n) is 3.83. The van der Waals surface area contributed by atoms with E-state index < -0.39 is 0 Å². The maximum Gasteiger partial charge on any atom is 0.0482 e. The number of nitrogens with two attached hydrogens (primary N) is 1. The smallest absolute Gasteiger partial charge is 0.0482 e. The number of hydrogen-bond acceptors (Lipinski definition) is 1. The summed E-state index contributed by atoms with van der Waals surface area (Å²) in [5.41, 5.74) is 11.4. The van der Waals surface area contributed by atoms with Crippen molar-refractivity contribution in [2.24, 2.45) is 12.8 Å². The van der Waals surface area contributed by atoms with Crippen LogP contribution < -0.4 is 5.73 Å². The van der Waals surface area contributed by atoms with E-state index >= 15 is 0 Å². The van der Waals surface area contributed by atoms with E-state index in [0.29, 0.717) is 6.54 Å². The molecule has 1 aliphatic carbocycles. The molecule has 1 aliphatic rings. The Morgan fingerprint density at radius 3 is 2.88 bits per heavy atom. The van der Waals surface area contributed by atoms with Crippen molar-refractivity contribution < 1.29 is 0 Å². The standard InChI is InChI=1S/C14H18N2/c1-16-13-5-3-2-4-11(13)12-8-10(9-15)6-7-14(12)16/h6-8H,2-5,9,15H2,1H3. The Kier molecular flexibility index (Phi) is 2.25. The highest BCUT2D eigenvalue weighted by Gasteiger charge is 2.17. The number of benzene rings is 1. The minimum atomic E-state index is 0.638. The molecular formula is C14H18N2. The van der Waals surface area contributed by atoms with E-state index in [4.69, 9.17) is 5.73 Å². The van der Waals surface area contributed by atoms with Crippen LogP contribution in [0.25, 0.3) is 10.9 Å². The van der Waals surface area contributed by atoms with E-state index in [1.165, 1.54) is 47.8 Å². The lowest BCUT2D eigenvalue weighted by Crippen LogP contribution is -2.04. The number of fused-ring (bicyclic) bond motifs is 3. The Balaban J connectivity index is 2.31. The first-order valence-corrected chi connectivity index (χ1v) is 6.10. The monoisotopic (exact) mass is 214 g/mol. The molecule has 0 saturated heterocycles. The fraction of sp³-hybridized carbons (Fsp3) is 0.429. The summed E-state index contributed by atoms with van der Waals surface area (Å²) < 4.78 is 2.37. The zero-order valence-electron chi connectivity index (χ0n) is 9.79. The van der Waals surface area contributed by atoms with Crippen molar-refractivity contribution in [1.29, 1.82) is 0 Å². The summed E-state index contributed by atoms with van der Waals surface area (Å²) in [5, 5.41) is 1.43. The highest BCUT2D eigenvalue weighted by atomic mass is 14.9. The van der Waals surface area contributed by atoms with Crippen molar-refractivity contribution in [2.45, 2.75) is 32.2 Å². The summed E-state index contributed by atoms with van der Waals surface area (Å²) in [6.07, 6.45) is 5.14. The molecular weight excluding hydrogens is 196 g/mol.